The summed E-state index contributed by atoms with van der Waals surface area (Å²) in [6.07, 6.45) is 0.357. The largest absolute Gasteiger partial charge is 0.397 e. The first-order valence-electron chi connectivity index (χ1n) is 8.36. The van der Waals surface area contributed by atoms with Crippen molar-refractivity contribution >= 4 is 27.1 Å². The van der Waals surface area contributed by atoms with Gasteiger partial charge in [-0.05, 0) is 34.9 Å². The molecule has 0 aliphatic carbocycles. The molecule has 1 amide bonds. The highest BCUT2D eigenvalue weighted by Gasteiger charge is 2.18. The van der Waals surface area contributed by atoms with Crippen LogP contribution in [0.2, 0.25) is 0 Å². The molecule has 0 radical (unpaired) electrons. The Balaban J connectivity index is 1.77. The molecule has 0 saturated heterocycles. The topological polar surface area (TPSA) is 92.7 Å². The van der Waals surface area contributed by atoms with Gasteiger partial charge in [-0.3, -0.25) is 9.35 Å². The summed E-state index contributed by atoms with van der Waals surface area (Å²) in [6.45, 7) is -0.368. The Morgan fingerprint density at radius 1 is 0.963 bits per heavy atom. The van der Waals surface area contributed by atoms with E-state index in [0.29, 0.717) is 12.0 Å². The molecule has 0 bridgehead atoms. The van der Waals surface area contributed by atoms with Gasteiger partial charge < -0.3 is 5.32 Å². The second kappa shape index (κ2) is 8.30. The Bertz CT molecular complexity index is 1030. The molecular weight excluding hydrogens is 366 g/mol. The highest BCUT2D eigenvalue weighted by atomic mass is 32.3. The van der Waals surface area contributed by atoms with E-state index in [1.807, 2.05) is 60.7 Å². The SMILES string of the molecule is O=C(NC(COS(=O)(=O)O)Cc1ccccc1)c1ccc2ccccc2c1. The summed E-state index contributed by atoms with van der Waals surface area (Å²) < 4.78 is 35.1. The highest BCUT2D eigenvalue weighted by Crippen LogP contribution is 2.16. The van der Waals surface area contributed by atoms with Crippen molar-refractivity contribution in [1.29, 1.82) is 0 Å². The third-order valence-electron chi connectivity index (χ3n) is 4.09. The first-order chi connectivity index (χ1) is 12.9. The van der Waals surface area contributed by atoms with Crippen LogP contribution in [-0.4, -0.2) is 31.5 Å². The van der Waals surface area contributed by atoms with Gasteiger partial charge >= 0.3 is 10.4 Å². The Hall–Kier alpha value is -2.74. The molecule has 140 valence electrons. The van der Waals surface area contributed by atoms with Crippen LogP contribution < -0.4 is 5.32 Å². The average molecular weight is 385 g/mol. The smallest absolute Gasteiger partial charge is 0.347 e. The van der Waals surface area contributed by atoms with Gasteiger partial charge in [-0.1, -0.05) is 60.7 Å². The molecule has 1 unspecified atom stereocenters. The van der Waals surface area contributed by atoms with Crippen molar-refractivity contribution < 1.29 is 21.9 Å². The molecule has 3 aromatic rings. The number of hydrogen-bond donors (Lipinski definition) is 2. The Morgan fingerprint density at radius 2 is 1.63 bits per heavy atom. The number of carbonyl (C=O) groups is 1. The molecule has 3 aromatic carbocycles. The zero-order valence-electron chi connectivity index (χ0n) is 14.4. The fourth-order valence-corrected chi connectivity index (χ4v) is 3.15. The molecule has 3 rings (SSSR count). The number of rotatable bonds is 7. The van der Waals surface area contributed by atoms with Crippen LogP contribution in [0.4, 0.5) is 0 Å². The molecule has 7 heteroatoms. The molecule has 0 heterocycles. The zero-order valence-corrected chi connectivity index (χ0v) is 15.2. The van der Waals surface area contributed by atoms with Crippen molar-refractivity contribution in [2.45, 2.75) is 12.5 Å². The number of benzene rings is 3. The van der Waals surface area contributed by atoms with Gasteiger partial charge in [0.1, 0.15) is 0 Å². The van der Waals surface area contributed by atoms with Crippen LogP contribution in [0.5, 0.6) is 0 Å². The maximum Gasteiger partial charge on any atom is 0.397 e. The lowest BCUT2D eigenvalue weighted by Crippen LogP contribution is -2.40. The third-order valence-corrected chi connectivity index (χ3v) is 4.52. The minimum Gasteiger partial charge on any atom is -0.347 e. The molecular formula is C20H19NO5S. The van der Waals surface area contributed by atoms with Gasteiger partial charge in [-0.2, -0.15) is 8.42 Å². The van der Waals surface area contributed by atoms with Crippen LogP contribution >= 0.6 is 0 Å². The van der Waals surface area contributed by atoms with Gasteiger partial charge in [0.25, 0.3) is 5.91 Å². The van der Waals surface area contributed by atoms with Crippen LogP contribution in [0.25, 0.3) is 10.8 Å². The standard InChI is InChI=1S/C20H19NO5S/c22-20(18-11-10-16-8-4-5-9-17(16)13-18)21-19(14-26-27(23,24)25)12-15-6-2-1-3-7-15/h1-11,13,19H,12,14H2,(H,21,22)(H,23,24,25). The van der Waals surface area contributed by atoms with Crippen molar-refractivity contribution in [2.75, 3.05) is 6.61 Å². The molecule has 2 N–H and O–H groups in total. The fourth-order valence-electron chi connectivity index (χ4n) is 2.82. The third kappa shape index (κ3) is 5.62. The lowest BCUT2D eigenvalue weighted by atomic mass is 10.0. The van der Waals surface area contributed by atoms with E-state index in [9.17, 15) is 13.2 Å². The number of carbonyl (C=O) groups excluding carboxylic acids is 1. The van der Waals surface area contributed by atoms with E-state index in [1.54, 1.807) is 12.1 Å². The van der Waals surface area contributed by atoms with E-state index in [-0.39, 0.29) is 12.5 Å². The second-order valence-electron chi connectivity index (χ2n) is 6.13. The summed E-state index contributed by atoms with van der Waals surface area (Å²) in [6, 6.07) is 21.7. The monoisotopic (exact) mass is 385 g/mol. The van der Waals surface area contributed by atoms with Gasteiger partial charge in [0.15, 0.2) is 0 Å². The molecule has 0 fully saturated rings. The first kappa shape index (κ1) is 19.0. The van der Waals surface area contributed by atoms with Gasteiger partial charge in [0.2, 0.25) is 0 Å². The molecule has 0 spiro atoms. The molecule has 0 aliphatic rings. The number of hydrogen-bond acceptors (Lipinski definition) is 4. The van der Waals surface area contributed by atoms with Crippen LogP contribution in [0.15, 0.2) is 72.8 Å². The van der Waals surface area contributed by atoms with Crippen molar-refractivity contribution in [3.8, 4) is 0 Å². The van der Waals surface area contributed by atoms with Crippen LogP contribution in [0.3, 0.4) is 0 Å². The number of nitrogens with one attached hydrogen (secondary N) is 1. The maximum atomic E-state index is 12.6. The number of fused-ring (bicyclic) bond motifs is 1. The average Bonchev–Trinajstić information content (AvgIpc) is 2.66. The summed E-state index contributed by atoms with van der Waals surface area (Å²) in [5, 5.41) is 4.73. The highest BCUT2D eigenvalue weighted by molar-refractivity contribution is 7.80. The van der Waals surface area contributed by atoms with E-state index in [4.69, 9.17) is 4.55 Å². The zero-order chi connectivity index (χ0) is 19.3. The van der Waals surface area contributed by atoms with Gasteiger partial charge in [0, 0.05) is 5.56 Å². The van der Waals surface area contributed by atoms with Gasteiger partial charge in [0.05, 0.1) is 12.6 Å². The molecule has 6 nitrogen and oxygen atoms in total. The summed E-state index contributed by atoms with van der Waals surface area (Å²) in [4.78, 5) is 12.6. The second-order valence-corrected chi connectivity index (χ2v) is 7.23. The molecule has 0 aliphatic heterocycles. The normalized spacial score (nSPS) is 12.6. The van der Waals surface area contributed by atoms with E-state index in [0.717, 1.165) is 16.3 Å². The predicted molar refractivity (Wildman–Crippen MR) is 103 cm³/mol. The lowest BCUT2D eigenvalue weighted by molar-refractivity contribution is 0.0919. The van der Waals surface area contributed by atoms with E-state index < -0.39 is 16.4 Å². The van der Waals surface area contributed by atoms with Gasteiger partial charge in [-0.15, -0.1) is 0 Å². The molecule has 1 atom stereocenters. The Kier molecular flexibility index (Phi) is 5.85. The molecule has 27 heavy (non-hydrogen) atoms. The van der Waals surface area contributed by atoms with Crippen molar-refractivity contribution in [3.63, 3.8) is 0 Å². The molecule has 0 aromatic heterocycles. The van der Waals surface area contributed by atoms with Crippen molar-refractivity contribution in [2.24, 2.45) is 0 Å². The van der Waals surface area contributed by atoms with Gasteiger partial charge in [-0.25, -0.2) is 4.18 Å². The summed E-state index contributed by atoms with van der Waals surface area (Å²) >= 11 is 0. The molecule has 0 saturated carbocycles. The van der Waals surface area contributed by atoms with Crippen molar-refractivity contribution in [1.82, 2.24) is 5.32 Å². The quantitative estimate of drug-likeness (QED) is 0.610. The summed E-state index contributed by atoms with van der Waals surface area (Å²) in [5.41, 5.74) is 1.36. The van der Waals surface area contributed by atoms with Crippen LogP contribution in [-0.2, 0) is 21.0 Å². The van der Waals surface area contributed by atoms with Crippen LogP contribution in [0, 0.1) is 0 Å². The lowest BCUT2D eigenvalue weighted by Gasteiger charge is -2.18. The Labute approximate surface area is 157 Å². The van der Waals surface area contributed by atoms with E-state index in [2.05, 4.69) is 9.50 Å². The summed E-state index contributed by atoms with van der Waals surface area (Å²) in [7, 11) is -4.59. The minimum atomic E-state index is -4.59. The van der Waals surface area contributed by atoms with Crippen LogP contribution in [0.1, 0.15) is 15.9 Å². The minimum absolute atomic E-state index is 0.347. The summed E-state index contributed by atoms with van der Waals surface area (Å²) in [5.74, 6) is -0.347. The fraction of sp³-hybridized carbons (Fsp3) is 0.150. The maximum absolute atomic E-state index is 12.6. The first-order valence-corrected chi connectivity index (χ1v) is 9.73. The predicted octanol–water partition coefficient (Wildman–Crippen LogP) is 3.00. The Morgan fingerprint density at radius 3 is 2.33 bits per heavy atom. The van der Waals surface area contributed by atoms with E-state index >= 15 is 0 Å². The van der Waals surface area contributed by atoms with E-state index in [1.165, 1.54) is 0 Å². The number of amides is 1. The van der Waals surface area contributed by atoms with Crippen molar-refractivity contribution in [3.05, 3.63) is 83.9 Å².